The molecule has 0 unspecified atom stereocenters. The van der Waals surface area contributed by atoms with Crippen LogP contribution >= 0.6 is 0 Å². The predicted molar refractivity (Wildman–Crippen MR) is 172 cm³/mol. The fourth-order valence-electron chi connectivity index (χ4n) is 4.92. The summed E-state index contributed by atoms with van der Waals surface area (Å²) in [7, 11) is 0. The Bertz CT molecular complexity index is 1370. The van der Waals surface area contributed by atoms with Crippen molar-refractivity contribution in [1.82, 2.24) is 20.8 Å². The van der Waals surface area contributed by atoms with Gasteiger partial charge in [-0.1, -0.05) is 19.9 Å². The standard InChI is InChI=1S/C33H49N5O8/c1-30(2,3)45-28(41)35-16-10-15-34-27-36-18-23(19-37-27)21-11-13-24-22(17-21)12-14-25(44-24)33(9,26(39)40)32(7,8)20-43-38-29(42)46-31(4,5)6/h11,13,17-19,25H,10,12,14-16,20H2,1-9H3,(H,35,41)(H,38,42)(H,39,40)(H,34,36,37)/t25-,33+/m1/s1. The maximum absolute atomic E-state index is 12.7. The first-order chi connectivity index (χ1) is 21.3. The number of fused-ring (bicyclic) bond motifs is 1. The van der Waals surface area contributed by atoms with Crippen LogP contribution in [0.1, 0.15) is 80.7 Å². The third kappa shape index (κ3) is 9.93. The highest BCUT2D eigenvalue weighted by Crippen LogP contribution is 2.47. The molecule has 13 heteroatoms. The van der Waals surface area contributed by atoms with Crippen LogP contribution in [0.4, 0.5) is 15.5 Å². The van der Waals surface area contributed by atoms with Crippen LogP contribution in [0.3, 0.4) is 0 Å². The molecule has 0 fully saturated rings. The van der Waals surface area contributed by atoms with Crippen molar-refractivity contribution in [2.24, 2.45) is 10.8 Å². The number of anilines is 1. The van der Waals surface area contributed by atoms with E-state index in [1.165, 1.54) is 0 Å². The van der Waals surface area contributed by atoms with Crippen LogP contribution in [-0.4, -0.2) is 70.2 Å². The minimum atomic E-state index is -1.35. The molecule has 1 aliphatic heterocycles. The molecule has 0 saturated heterocycles. The lowest BCUT2D eigenvalue weighted by molar-refractivity contribution is -0.173. The van der Waals surface area contributed by atoms with Gasteiger partial charge in [0.15, 0.2) is 0 Å². The SMILES string of the molecule is CC(C)(C)OC(=O)NCCCNc1ncc(-c2ccc3c(c2)CC[C@H]([C@@](C)(C(=O)O)C(C)(C)CONC(=O)OC(C)(C)C)O3)cn1. The lowest BCUT2D eigenvalue weighted by Crippen LogP contribution is -2.56. The third-order valence-electron chi connectivity index (χ3n) is 7.78. The Morgan fingerprint density at radius 1 is 0.913 bits per heavy atom. The Morgan fingerprint density at radius 3 is 2.15 bits per heavy atom. The van der Waals surface area contributed by atoms with Crippen LogP contribution in [0.25, 0.3) is 11.1 Å². The number of carbonyl (C=O) groups excluding carboxylic acids is 2. The normalized spacial score (nSPS) is 16.2. The van der Waals surface area contributed by atoms with Gasteiger partial charge in [0.1, 0.15) is 28.5 Å². The number of benzene rings is 1. The summed E-state index contributed by atoms with van der Waals surface area (Å²) in [6, 6.07) is 5.75. The Labute approximate surface area is 271 Å². The molecule has 2 amide bonds. The minimum Gasteiger partial charge on any atom is -0.489 e. The number of aryl methyl sites for hydroxylation is 1. The number of aromatic nitrogens is 2. The second-order valence-electron chi connectivity index (χ2n) is 14.3. The summed E-state index contributed by atoms with van der Waals surface area (Å²) in [5.74, 6) is 0.0786. The molecule has 0 saturated carbocycles. The summed E-state index contributed by atoms with van der Waals surface area (Å²) < 4.78 is 16.7. The zero-order valence-corrected chi connectivity index (χ0v) is 28.4. The Morgan fingerprint density at radius 2 is 1.54 bits per heavy atom. The number of aliphatic carboxylic acids is 1. The number of rotatable bonds is 12. The van der Waals surface area contributed by atoms with E-state index in [4.69, 9.17) is 19.0 Å². The first-order valence-corrected chi connectivity index (χ1v) is 15.5. The molecule has 2 heterocycles. The van der Waals surface area contributed by atoms with Gasteiger partial charge in [0.25, 0.3) is 0 Å². The third-order valence-corrected chi connectivity index (χ3v) is 7.78. The molecular formula is C33H49N5O8. The highest BCUT2D eigenvalue weighted by atomic mass is 16.7. The van der Waals surface area contributed by atoms with Crippen molar-refractivity contribution in [1.29, 1.82) is 0 Å². The second kappa shape index (κ2) is 14.5. The van der Waals surface area contributed by atoms with Crippen LogP contribution in [0, 0.1) is 10.8 Å². The maximum Gasteiger partial charge on any atom is 0.431 e. The number of alkyl carbamates (subject to hydrolysis) is 1. The first-order valence-electron chi connectivity index (χ1n) is 15.5. The molecule has 1 aromatic heterocycles. The topological polar surface area (TPSA) is 170 Å². The molecule has 254 valence electrons. The van der Waals surface area contributed by atoms with Gasteiger partial charge in [-0.15, -0.1) is 0 Å². The smallest absolute Gasteiger partial charge is 0.431 e. The quantitative estimate of drug-likeness (QED) is 0.164. The molecule has 2 aromatic rings. The van der Waals surface area contributed by atoms with Gasteiger partial charge in [-0.2, -0.15) is 5.48 Å². The van der Waals surface area contributed by atoms with E-state index in [1.807, 2.05) is 39.0 Å². The molecule has 0 spiro atoms. The molecule has 3 rings (SSSR count). The van der Waals surface area contributed by atoms with Gasteiger partial charge < -0.3 is 30.0 Å². The van der Waals surface area contributed by atoms with E-state index in [-0.39, 0.29) is 6.61 Å². The highest BCUT2D eigenvalue weighted by molar-refractivity contribution is 5.76. The van der Waals surface area contributed by atoms with Crippen molar-refractivity contribution in [2.45, 2.75) is 98.9 Å². The predicted octanol–water partition coefficient (Wildman–Crippen LogP) is 5.74. The summed E-state index contributed by atoms with van der Waals surface area (Å²) in [5.41, 5.74) is 1.44. The number of hydroxylamine groups is 1. The van der Waals surface area contributed by atoms with Crippen LogP contribution < -0.4 is 20.9 Å². The largest absolute Gasteiger partial charge is 0.489 e. The lowest BCUT2D eigenvalue weighted by Gasteiger charge is -2.46. The maximum atomic E-state index is 12.7. The van der Waals surface area contributed by atoms with E-state index >= 15 is 0 Å². The van der Waals surface area contributed by atoms with E-state index in [0.717, 1.165) is 16.7 Å². The zero-order chi connectivity index (χ0) is 34.3. The summed E-state index contributed by atoms with van der Waals surface area (Å²) in [6.45, 7) is 16.8. The van der Waals surface area contributed by atoms with Crippen LogP contribution in [0.15, 0.2) is 30.6 Å². The fourth-order valence-corrected chi connectivity index (χ4v) is 4.92. The van der Waals surface area contributed by atoms with Crippen molar-refractivity contribution in [3.8, 4) is 16.9 Å². The number of nitrogens with zero attached hydrogens (tertiary/aromatic N) is 2. The Kier molecular flexibility index (Phi) is 11.5. The van der Waals surface area contributed by atoms with Gasteiger partial charge in [0.2, 0.25) is 5.95 Å². The van der Waals surface area contributed by atoms with Gasteiger partial charge in [0.05, 0.1) is 6.61 Å². The van der Waals surface area contributed by atoms with Gasteiger partial charge in [0, 0.05) is 36.5 Å². The summed E-state index contributed by atoms with van der Waals surface area (Å²) in [5, 5.41) is 16.3. The molecule has 0 radical (unpaired) electrons. The number of carboxylic acid groups (broad SMARTS) is 1. The van der Waals surface area contributed by atoms with Crippen molar-refractivity contribution in [3.05, 3.63) is 36.2 Å². The summed E-state index contributed by atoms with van der Waals surface area (Å²) >= 11 is 0. The van der Waals surface area contributed by atoms with E-state index in [1.54, 1.807) is 53.9 Å². The molecule has 13 nitrogen and oxygen atoms in total. The minimum absolute atomic E-state index is 0.0749. The number of ether oxygens (including phenoxy) is 3. The number of nitrogens with one attached hydrogen (secondary N) is 3. The van der Waals surface area contributed by atoms with E-state index < -0.39 is 46.3 Å². The van der Waals surface area contributed by atoms with Gasteiger partial charge in [-0.05, 0) is 91.0 Å². The molecule has 46 heavy (non-hydrogen) atoms. The van der Waals surface area contributed by atoms with Crippen LogP contribution in [-0.2, 0) is 25.5 Å². The number of hydrogen-bond donors (Lipinski definition) is 4. The molecule has 4 N–H and O–H groups in total. The zero-order valence-electron chi connectivity index (χ0n) is 28.4. The average molecular weight is 644 g/mol. The number of carboxylic acids is 1. The van der Waals surface area contributed by atoms with E-state index in [2.05, 4.69) is 26.1 Å². The molecular weight excluding hydrogens is 594 g/mol. The summed E-state index contributed by atoms with van der Waals surface area (Å²) in [4.78, 5) is 50.7. The molecule has 0 aliphatic carbocycles. The monoisotopic (exact) mass is 643 g/mol. The number of hydrogen-bond acceptors (Lipinski definition) is 10. The highest BCUT2D eigenvalue weighted by Gasteiger charge is 2.55. The second-order valence-corrected chi connectivity index (χ2v) is 14.3. The molecule has 1 aliphatic rings. The first kappa shape index (κ1) is 36.3. The fraction of sp³-hybridized carbons (Fsp3) is 0.606. The van der Waals surface area contributed by atoms with Crippen molar-refractivity contribution < 1.29 is 38.5 Å². The average Bonchev–Trinajstić information content (AvgIpc) is 2.94. The Balaban J connectivity index is 1.58. The summed E-state index contributed by atoms with van der Waals surface area (Å²) in [6.07, 6.45) is 3.39. The molecule has 1 aromatic carbocycles. The lowest BCUT2D eigenvalue weighted by atomic mass is 9.62. The van der Waals surface area contributed by atoms with E-state index in [9.17, 15) is 19.5 Å². The van der Waals surface area contributed by atoms with Crippen molar-refractivity contribution in [2.75, 3.05) is 25.0 Å². The van der Waals surface area contributed by atoms with Crippen molar-refractivity contribution in [3.63, 3.8) is 0 Å². The van der Waals surface area contributed by atoms with Gasteiger partial charge in [-0.3, -0.25) is 9.63 Å². The Hall–Kier alpha value is -4.13. The van der Waals surface area contributed by atoms with Crippen LogP contribution in [0.5, 0.6) is 5.75 Å². The number of carbonyl (C=O) groups is 3. The van der Waals surface area contributed by atoms with E-state index in [0.29, 0.717) is 44.0 Å². The van der Waals surface area contributed by atoms with Crippen molar-refractivity contribution >= 4 is 24.1 Å². The molecule has 0 bridgehead atoms. The molecule has 2 atom stereocenters. The number of amides is 2. The van der Waals surface area contributed by atoms with Crippen LogP contribution in [0.2, 0.25) is 0 Å². The van der Waals surface area contributed by atoms with Gasteiger partial charge >= 0.3 is 18.2 Å². The van der Waals surface area contributed by atoms with Gasteiger partial charge in [-0.25, -0.2) is 19.6 Å².